The van der Waals surface area contributed by atoms with Gasteiger partial charge in [0, 0.05) is 24.1 Å². The van der Waals surface area contributed by atoms with Gasteiger partial charge in [-0.3, -0.25) is 0 Å². The zero-order chi connectivity index (χ0) is 23.9. The molecule has 0 bridgehead atoms. The first-order chi connectivity index (χ1) is 14.2. The molecule has 0 amide bonds. The Kier molecular flexibility index (Phi) is 38.9. The Bertz CT molecular complexity index is 373. The zero-order valence-electron chi connectivity index (χ0n) is 20.9. The summed E-state index contributed by atoms with van der Waals surface area (Å²) >= 11 is 0. The molecule has 0 aromatic rings. The van der Waals surface area contributed by atoms with E-state index >= 15 is 0 Å². The molecule has 32 heavy (non-hydrogen) atoms. The van der Waals surface area contributed by atoms with E-state index in [1.54, 1.807) is 0 Å². The van der Waals surface area contributed by atoms with Gasteiger partial charge in [0.25, 0.3) is 0 Å². The fourth-order valence-corrected chi connectivity index (χ4v) is 2.82. The first-order valence-electron chi connectivity index (χ1n) is 11.8. The SMILES string of the molecule is CCCCC(CC)C(=O)[O-].CCCCC(CC)C(=O)[O-].CCCCC(CC)C(=O)[O-].[Au+3].[N]. The van der Waals surface area contributed by atoms with E-state index < -0.39 is 17.9 Å². The molecule has 3 radical (unpaired) electrons. The number of unbranched alkanes of at least 4 members (excludes halogenated alkanes) is 3. The smallest absolute Gasteiger partial charge is 0.550 e. The van der Waals surface area contributed by atoms with Crippen molar-refractivity contribution in [2.24, 2.45) is 17.8 Å². The predicted molar refractivity (Wildman–Crippen MR) is 117 cm³/mol. The quantitative estimate of drug-likeness (QED) is 0.251. The van der Waals surface area contributed by atoms with Gasteiger partial charge in [-0.25, -0.2) is 0 Å². The second-order valence-electron chi connectivity index (χ2n) is 7.70. The van der Waals surface area contributed by atoms with Crippen molar-refractivity contribution in [1.29, 1.82) is 0 Å². The van der Waals surface area contributed by atoms with Gasteiger partial charge >= 0.3 is 22.4 Å². The molecular formula is C24H45AuNO6. The first kappa shape index (κ1) is 41.4. The van der Waals surface area contributed by atoms with Crippen molar-refractivity contribution in [2.45, 2.75) is 119 Å². The minimum Gasteiger partial charge on any atom is -0.550 e. The van der Waals surface area contributed by atoms with Crippen LogP contribution in [-0.2, 0) is 36.8 Å². The molecule has 0 saturated carbocycles. The van der Waals surface area contributed by atoms with Crippen molar-refractivity contribution in [3.8, 4) is 0 Å². The number of aliphatic carboxylic acids is 3. The summed E-state index contributed by atoms with van der Waals surface area (Å²) in [6, 6.07) is 0. The standard InChI is InChI=1S/3C8H16O2.Au.N/c3*1-3-5-6-7(4-2)8(9)10;;/h3*7H,3-6H2,1-2H3,(H,9,10);;/q;;;+3;/p-3. The fourth-order valence-electron chi connectivity index (χ4n) is 2.82. The number of carboxylic acids is 3. The minimum absolute atomic E-state index is 0. The van der Waals surface area contributed by atoms with E-state index in [2.05, 4.69) is 20.8 Å². The molecule has 0 aromatic carbocycles. The third-order valence-corrected chi connectivity index (χ3v) is 5.20. The van der Waals surface area contributed by atoms with Crippen LogP contribution in [0.25, 0.3) is 0 Å². The molecular weight excluding hydrogens is 595 g/mol. The van der Waals surface area contributed by atoms with Crippen molar-refractivity contribution in [1.82, 2.24) is 6.15 Å². The van der Waals surface area contributed by atoms with Gasteiger partial charge in [0.15, 0.2) is 0 Å². The molecule has 7 nitrogen and oxygen atoms in total. The molecule has 0 heterocycles. The van der Waals surface area contributed by atoms with E-state index in [1.165, 1.54) is 0 Å². The van der Waals surface area contributed by atoms with Crippen molar-refractivity contribution in [2.75, 3.05) is 0 Å². The van der Waals surface area contributed by atoms with Gasteiger partial charge in [-0.15, -0.1) is 0 Å². The normalized spacial score (nSPS) is 12.2. The van der Waals surface area contributed by atoms with Crippen molar-refractivity contribution >= 4 is 17.9 Å². The van der Waals surface area contributed by atoms with E-state index in [-0.39, 0.29) is 46.3 Å². The second-order valence-corrected chi connectivity index (χ2v) is 7.70. The molecule has 0 saturated heterocycles. The van der Waals surface area contributed by atoms with Crippen LogP contribution in [0.1, 0.15) is 119 Å². The third kappa shape index (κ3) is 27.1. The number of carboxylic acid groups (broad SMARTS) is 3. The fraction of sp³-hybridized carbons (Fsp3) is 0.875. The zero-order valence-corrected chi connectivity index (χ0v) is 23.1. The van der Waals surface area contributed by atoms with Crippen LogP contribution in [0, 0.1) is 17.8 Å². The predicted octanol–water partition coefficient (Wildman–Crippen LogP) is 2.38. The summed E-state index contributed by atoms with van der Waals surface area (Å²) < 4.78 is 0. The van der Waals surface area contributed by atoms with Crippen molar-refractivity contribution < 1.29 is 52.1 Å². The Balaban J connectivity index is -0.000000110. The van der Waals surface area contributed by atoms with Crippen LogP contribution in [-0.4, -0.2) is 17.9 Å². The molecule has 0 fully saturated rings. The molecule has 3 unspecified atom stereocenters. The third-order valence-electron chi connectivity index (χ3n) is 5.20. The molecule has 0 spiro atoms. The number of hydrogen-bond acceptors (Lipinski definition) is 6. The number of rotatable bonds is 15. The molecule has 0 rings (SSSR count). The molecule has 0 aliphatic heterocycles. The Morgan fingerprint density at radius 1 is 0.531 bits per heavy atom. The van der Waals surface area contributed by atoms with E-state index in [0.29, 0.717) is 19.3 Å². The van der Waals surface area contributed by atoms with Gasteiger partial charge in [0.05, 0.1) is 0 Å². The number of carbonyl (C=O) groups excluding carboxylic acids is 3. The Morgan fingerprint density at radius 3 is 0.812 bits per heavy atom. The topological polar surface area (TPSA) is 151 Å². The maximum Gasteiger partial charge on any atom is 3.00 e. The Labute approximate surface area is 212 Å². The molecule has 0 aliphatic rings. The average Bonchev–Trinajstić information content (AvgIpc) is 2.70. The summed E-state index contributed by atoms with van der Waals surface area (Å²) in [4.78, 5) is 31.0. The van der Waals surface area contributed by atoms with Crippen LogP contribution in [0.2, 0.25) is 0 Å². The van der Waals surface area contributed by atoms with Gasteiger partial charge in [0.2, 0.25) is 0 Å². The minimum atomic E-state index is -0.893. The summed E-state index contributed by atoms with van der Waals surface area (Å²) in [5.74, 6) is -3.34. The maximum atomic E-state index is 10.3. The Hall–Kier alpha value is -0.890. The Morgan fingerprint density at radius 2 is 0.719 bits per heavy atom. The van der Waals surface area contributed by atoms with Crippen LogP contribution in [0.4, 0.5) is 0 Å². The van der Waals surface area contributed by atoms with E-state index in [1.807, 2.05) is 20.8 Å². The number of hydrogen-bond donors (Lipinski definition) is 0. The summed E-state index contributed by atoms with van der Waals surface area (Å²) in [7, 11) is 0. The molecule has 3 atom stereocenters. The van der Waals surface area contributed by atoms with Gasteiger partial charge < -0.3 is 29.7 Å². The summed E-state index contributed by atoms with van der Waals surface area (Å²) in [5, 5.41) is 31.0. The largest absolute Gasteiger partial charge is 3.00 e. The first-order valence-corrected chi connectivity index (χ1v) is 11.8. The van der Waals surface area contributed by atoms with E-state index in [9.17, 15) is 29.7 Å². The summed E-state index contributed by atoms with van der Waals surface area (Å²) in [6.07, 6.45) is 10.6. The van der Waals surface area contributed by atoms with E-state index in [4.69, 9.17) is 0 Å². The van der Waals surface area contributed by atoms with Crippen molar-refractivity contribution in [3.05, 3.63) is 0 Å². The summed E-state index contributed by atoms with van der Waals surface area (Å²) in [6.45, 7) is 11.8. The molecule has 193 valence electrons. The maximum absolute atomic E-state index is 10.3. The monoisotopic (exact) mass is 640 g/mol. The molecule has 0 aliphatic carbocycles. The van der Waals surface area contributed by atoms with Crippen LogP contribution < -0.4 is 21.5 Å². The van der Waals surface area contributed by atoms with Crippen LogP contribution in [0.15, 0.2) is 0 Å². The van der Waals surface area contributed by atoms with Crippen LogP contribution in [0.5, 0.6) is 0 Å². The summed E-state index contributed by atoms with van der Waals surface area (Å²) in [5.41, 5.74) is 0. The van der Waals surface area contributed by atoms with Gasteiger partial charge in [0.1, 0.15) is 0 Å². The van der Waals surface area contributed by atoms with Gasteiger partial charge in [-0.2, -0.15) is 0 Å². The second kappa shape index (κ2) is 30.1. The van der Waals surface area contributed by atoms with Crippen molar-refractivity contribution in [3.63, 3.8) is 0 Å². The van der Waals surface area contributed by atoms with Crippen LogP contribution in [0.3, 0.4) is 0 Å². The van der Waals surface area contributed by atoms with Gasteiger partial charge in [-0.1, -0.05) is 80.1 Å². The molecule has 0 N–H and O–H groups in total. The van der Waals surface area contributed by atoms with Crippen LogP contribution >= 0.6 is 0 Å². The number of nitrogens with zero attached hydrogens (tertiary/aromatic N) is 1. The molecule has 0 aromatic heterocycles. The van der Waals surface area contributed by atoms with Gasteiger partial charge in [-0.05, 0) is 56.3 Å². The molecule has 8 heteroatoms. The van der Waals surface area contributed by atoms with E-state index in [0.717, 1.165) is 57.8 Å². The number of carbonyl (C=O) groups is 3. The average molecular weight is 641 g/mol.